The Bertz CT molecular complexity index is 495. The lowest BCUT2D eigenvalue weighted by atomic mass is 10.1. The first-order valence-electron chi connectivity index (χ1n) is 5.67. The van der Waals surface area contributed by atoms with Crippen LogP contribution in [0, 0.1) is 0 Å². The van der Waals surface area contributed by atoms with E-state index in [4.69, 9.17) is 5.11 Å². The maximum Gasteiger partial charge on any atom is 0.109 e. The molecule has 0 aliphatic carbocycles. The van der Waals surface area contributed by atoms with E-state index < -0.39 is 6.10 Å². The SMILES string of the molecule is CNCC(O)c1c2ccccc2nn1CCO. The fourth-order valence-electron chi connectivity index (χ4n) is 2.01. The first-order chi connectivity index (χ1) is 8.27. The number of nitrogens with one attached hydrogen (secondary N) is 1. The molecule has 0 aliphatic heterocycles. The Kier molecular flexibility index (Phi) is 3.73. The van der Waals surface area contributed by atoms with E-state index in [0.717, 1.165) is 16.6 Å². The van der Waals surface area contributed by atoms with Gasteiger partial charge in [0.25, 0.3) is 0 Å². The van der Waals surface area contributed by atoms with Gasteiger partial charge in [-0.2, -0.15) is 5.10 Å². The highest BCUT2D eigenvalue weighted by Gasteiger charge is 2.17. The van der Waals surface area contributed by atoms with Crippen molar-refractivity contribution in [1.82, 2.24) is 15.1 Å². The second-order valence-corrected chi connectivity index (χ2v) is 3.92. The van der Waals surface area contributed by atoms with E-state index in [2.05, 4.69) is 10.4 Å². The maximum atomic E-state index is 10.1. The van der Waals surface area contributed by atoms with Crippen LogP contribution in [0.15, 0.2) is 24.3 Å². The third kappa shape index (κ3) is 2.31. The van der Waals surface area contributed by atoms with Crippen molar-refractivity contribution in [3.63, 3.8) is 0 Å². The van der Waals surface area contributed by atoms with Crippen LogP contribution in [-0.4, -0.2) is 40.2 Å². The van der Waals surface area contributed by atoms with Crippen molar-refractivity contribution in [2.75, 3.05) is 20.2 Å². The van der Waals surface area contributed by atoms with Crippen LogP contribution < -0.4 is 5.32 Å². The molecule has 2 rings (SSSR count). The van der Waals surface area contributed by atoms with E-state index >= 15 is 0 Å². The van der Waals surface area contributed by atoms with Gasteiger partial charge in [-0.3, -0.25) is 4.68 Å². The molecule has 0 bridgehead atoms. The summed E-state index contributed by atoms with van der Waals surface area (Å²) in [6.07, 6.45) is -0.626. The van der Waals surface area contributed by atoms with E-state index in [1.165, 1.54) is 0 Å². The number of hydrogen-bond donors (Lipinski definition) is 3. The van der Waals surface area contributed by atoms with Crippen LogP contribution in [0.5, 0.6) is 0 Å². The van der Waals surface area contributed by atoms with Crippen LogP contribution in [0.25, 0.3) is 10.9 Å². The first kappa shape index (κ1) is 12.0. The molecule has 1 aromatic carbocycles. The summed E-state index contributed by atoms with van der Waals surface area (Å²) in [7, 11) is 1.79. The first-order valence-corrected chi connectivity index (χ1v) is 5.67. The predicted molar refractivity (Wildman–Crippen MR) is 65.7 cm³/mol. The quantitative estimate of drug-likeness (QED) is 0.696. The van der Waals surface area contributed by atoms with Gasteiger partial charge in [-0.25, -0.2) is 0 Å². The average molecular weight is 235 g/mol. The minimum Gasteiger partial charge on any atom is -0.394 e. The van der Waals surface area contributed by atoms with E-state index in [-0.39, 0.29) is 6.61 Å². The van der Waals surface area contributed by atoms with Gasteiger partial charge in [0.2, 0.25) is 0 Å². The molecule has 3 N–H and O–H groups in total. The Morgan fingerprint density at radius 2 is 2.18 bits per heavy atom. The monoisotopic (exact) mass is 235 g/mol. The Morgan fingerprint density at radius 3 is 2.88 bits per heavy atom. The molecule has 92 valence electrons. The van der Waals surface area contributed by atoms with Crippen molar-refractivity contribution >= 4 is 10.9 Å². The van der Waals surface area contributed by atoms with E-state index in [1.807, 2.05) is 24.3 Å². The highest BCUT2D eigenvalue weighted by Crippen LogP contribution is 2.23. The fourth-order valence-corrected chi connectivity index (χ4v) is 2.01. The lowest BCUT2D eigenvalue weighted by molar-refractivity contribution is 0.164. The molecule has 2 aromatic rings. The summed E-state index contributed by atoms with van der Waals surface area (Å²) in [6.45, 7) is 0.860. The molecular weight excluding hydrogens is 218 g/mol. The summed E-state index contributed by atoms with van der Waals surface area (Å²) in [5.74, 6) is 0. The minimum atomic E-state index is -0.626. The predicted octanol–water partition coefficient (Wildman–Crippen LogP) is 0.281. The number of fused-ring (bicyclic) bond motifs is 1. The lowest BCUT2D eigenvalue weighted by Crippen LogP contribution is -2.20. The molecule has 1 aromatic heterocycles. The summed E-state index contributed by atoms with van der Waals surface area (Å²) in [4.78, 5) is 0. The van der Waals surface area contributed by atoms with Gasteiger partial charge < -0.3 is 15.5 Å². The van der Waals surface area contributed by atoms with Gasteiger partial charge in [-0.1, -0.05) is 18.2 Å². The van der Waals surface area contributed by atoms with Crippen LogP contribution in [0.4, 0.5) is 0 Å². The molecule has 1 heterocycles. The molecule has 0 radical (unpaired) electrons. The van der Waals surface area contributed by atoms with Gasteiger partial charge in [0.1, 0.15) is 6.10 Å². The molecule has 17 heavy (non-hydrogen) atoms. The summed E-state index contributed by atoms with van der Waals surface area (Å²) in [6, 6.07) is 7.67. The van der Waals surface area contributed by atoms with Crippen LogP contribution in [0.1, 0.15) is 11.8 Å². The molecular formula is C12H17N3O2. The van der Waals surface area contributed by atoms with Gasteiger partial charge in [-0.15, -0.1) is 0 Å². The molecule has 1 unspecified atom stereocenters. The minimum absolute atomic E-state index is 0.00720. The van der Waals surface area contributed by atoms with Gasteiger partial charge in [0.15, 0.2) is 0 Å². The number of likely N-dealkylation sites (N-methyl/N-ethyl adjacent to an activating group) is 1. The third-order valence-corrected chi connectivity index (χ3v) is 2.71. The van der Waals surface area contributed by atoms with Crippen molar-refractivity contribution in [1.29, 1.82) is 0 Å². The number of benzene rings is 1. The third-order valence-electron chi connectivity index (χ3n) is 2.71. The number of aliphatic hydroxyl groups excluding tert-OH is 2. The van der Waals surface area contributed by atoms with E-state index in [9.17, 15) is 5.11 Å². The summed E-state index contributed by atoms with van der Waals surface area (Å²) >= 11 is 0. The van der Waals surface area contributed by atoms with Gasteiger partial charge in [0.05, 0.1) is 24.4 Å². The van der Waals surface area contributed by atoms with Gasteiger partial charge in [0, 0.05) is 11.9 Å². The Morgan fingerprint density at radius 1 is 1.41 bits per heavy atom. The standard InChI is InChI=1S/C12H17N3O2/c1-13-8-11(17)12-9-4-2-3-5-10(9)14-15(12)6-7-16/h2-5,11,13,16-17H,6-8H2,1H3. The van der Waals surface area contributed by atoms with Crippen molar-refractivity contribution < 1.29 is 10.2 Å². The normalized spacial score (nSPS) is 13.1. The fraction of sp³-hybridized carbons (Fsp3) is 0.417. The molecule has 5 heteroatoms. The van der Waals surface area contributed by atoms with Crippen LogP contribution >= 0.6 is 0 Å². The molecule has 0 aliphatic rings. The molecule has 0 saturated carbocycles. The van der Waals surface area contributed by atoms with Crippen molar-refractivity contribution in [2.45, 2.75) is 12.6 Å². The zero-order chi connectivity index (χ0) is 12.3. The lowest BCUT2D eigenvalue weighted by Gasteiger charge is -2.12. The summed E-state index contributed by atoms with van der Waals surface area (Å²) in [5.41, 5.74) is 1.59. The Labute approximate surface area is 99.7 Å². The number of aliphatic hydroxyl groups is 2. The van der Waals surface area contributed by atoms with E-state index in [1.54, 1.807) is 11.7 Å². The van der Waals surface area contributed by atoms with Crippen molar-refractivity contribution in [2.24, 2.45) is 0 Å². The van der Waals surface area contributed by atoms with Crippen molar-refractivity contribution in [3.8, 4) is 0 Å². The van der Waals surface area contributed by atoms with Gasteiger partial charge >= 0.3 is 0 Å². The topological polar surface area (TPSA) is 70.3 Å². The molecule has 0 spiro atoms. The summed E-state index contributed by atoms with van der Waals surface area (Å²) in [5, 5.41) is 27.4. The highest BCUT2D eigenvalue weighted by atomic mass is 16.3. The average Bonchev–Trinajstić information content (AvgIpc) is 2.67. The maximum absolute atomic E-state index is 10.1. The molecule has 0 amide bonds. The van der Waals surface area contributed by atoms with Crippen LogP contribution in [0.2, 0.25) is 0 Å². The van der Waals surface area contributed by atoms with Crippen molar-refractivity contribution in [3.05, 3.63) is 30.0 Å². The Balaban J connectivity index is 2.51. The highest BCUT2D eigenvalue weighted by molar-refractivity contribution is 5.81. The number of hydrogen-bond acceptors (Lipinski definition) is 4. The van der Waals surface area contributed by atoms with E-state index in [0.29, 0.717) is 13.1 Å². The van der Waals surface area contributed by atoms with Crippen LogP contribution in [0.3, 0.4) is 0 Å². The number of rotatable bonds is 5. The zero-order valence-electron chi connectivity index (χ0n) is 9.80. The zero-order valence-corrected chi connectivity index (χ0v) is 9.80. The smallest absolute Gasteiger partial charge is 0.109 e. The number of aromatic nitrogens is 2. The Hall–Kier alpha value is -1.43. The second-order valence-electron chi connectivity index (χ2n) is 3.92. The van der Waals surface area contributed by atoms with Gasteiger partial charge in [-0.05, 0) is 13.1 Å². The second kappa shape index (κ2) is 5.27. The molecule has 1 atom stereocenters. The molecule has 5 nitrogen and oxygen atoms in total. The molecule has 0 fully saturated rings. The summed E-state index contributed by atoms with van der Waals surface area (Å²) < 4.78 is 1.67. The largest absolute Gasteiger partial charge is 0.394 e. The van der Waals surface area contributed by atoms with Crippen LogP contribution in [-0.2, 0) is 6.54 Å². The number of nitrogens with zero attached hydrogens (tertiary/aromatic N) is 2. The molecule has 0 saturated heterocycles.